The van der Waals surface area contributed by atoms with Crippen molar-refractivity contribution < 1.29 is 13.6 Å². The predicted molar refractivity (Wildman–Crippen MR) is 84.5 cm³/mol. The number of hydrogen-bond donors (Lipinski definition) is 1. The monoisotopic (exact) mass is 297 g/mol. The average molecular weight is 297 g/mol. The summed E-state index contributed by atoms with van der Waals surface area (Å²) in [6.07, 6.45) is 0. The maximum atomic E-state index is 13.1. The Morgan fingerprint density at radius 3 is 2.36 bits per heavy atom. The van der Waals surface area contributed by atoms with Gasteiger partial charge in [0.05, 0.1) is 5.56 Å². The largest absolute Gasteiger partial charge is 0.455 e. The number of halogens is 1. The molecule has 0 atom stereocenters. The Bertz CT molecular complexity index is 863. The highest BCUT2D eigenvalue weighted by Gasteiger charge is 2.21. The Balaban J connectivity index is 2.33. The molecule has 1 aromatic heterocycles. The third-order valence-electron chi connectivity index (χ3n) is 3.86. The quantitative estimate of drug-likeness (QED) is 0.769. The van der Waals surface area contributed by atoms with Crippen molar-refractivity contribution in [2.24, 2.45) is 0 Å². The minimum Gasteiger partial charge on any atom is -0.455 e. The molecule has 1 amide bonds. The van der Waals surface area contributed by atoms with Gasteiger partial charge in [-0.3, -0.25) is 4.79 Å². The maximum absolute atomic E-state index is 13.1. The number of benzene rings is 2. The molecule has 1 N–H and O–H groups in total. The van der Waals surface area contributed by atoms with Crippen molar-refractivity contribution in [3.8, 4) is 11.3 Å². The van der Waals surface area contributed by atoms with Crippen LogP contribution in [0.3, 0.4) is 0 Å². The highest BCUT2D eigenvalue weighted by molar-refractivity contribution is 6.11. The van der Waals surface area contributed by atoms with Crippen LogP contribution in [0.5, 0.6) is 0 Å². The fourth-order valence-electron chi connectivity index (χ4n) is 2.51. The van der Waals surface area contributed by atoms with Gasteiger partial charge < -0.3 is 9.73 Å². The number of fused-ring (bicyclic) bond motifs is 1. The molecule has 4 heteroatoms. The van der Waals surface area contributed by atoms with Crippen LogP contribution < -0.4 is 5.32 Å². The lowest BCUT2D eigenvalue weighted by atomic mass is 10.0. The van der Waals surface area contributed by atoms with Gasteiger partial charge in [0.25, 0.3) is 5.91 Å². The van der Waals surface area contributed by atoms with Crippen molar-refractivity contribution in [3.05, 3.63) is 58.9 Å². The number of hydrogen-bond acceptors (Lipinski definition) is 2. The van der Waals surface area contributed by atoms with E-state index in [1.54, 1.807) is 19.2 Å². The first kappa shape index (κ1) is 14.3. The molecule has 2 aromatic carbocycles. The number of rotatable bonds is 2. The van der Waals surface area contributed by atoms with E-state index in [1.165, 1.54) is 12.1 Å². The number of carbonyl (C=O) groups excluding carboxylic acids is 1. The van der Waals surface area contributed by atoms with Gasteiger partial charge in [-0.1, -0.05) is 0 Å². The minimum absolute atomic E-state index is 0.221. The van der Waals surface area contributed by atoms with Crippen LogP contribution in [0.4, 0.5) is 4.39 Å². The Morgan fingerprint density at radius 1 is 1.09 bits per heavy atom. The molecule has 0 bridgehead atoms. The van der Waals surface area contributed by atoms with E-state index in [0.717, 1.165) is 16.5 Å². The van der Waals surface area contributed by atoms with E-state index < -0.39 is 0 Å². The molecule has 3 nitrogen and oxygen atoms in total. The second-order valence-corrected chi connectivity index (χ2v) is 5.32. The van der Waals surface area contributed by atoms with E-state index in [2.05, 4.69) is 5.32 Å². The first-order valence-corrected chi connectivity index (χ1v) is 7.03. The zero-order valence-electron chi connectivity index (χ0n) is 12.7. The summed E-state index contributed by atoms with van der Waals surface area (Å²) in [4.78, 5) is 12.3. The maximum Gasteiger partial charge on any atom is 0.255 e. The van der Waals surface area contributed by atoms with Crippen molar-refractivity contribution in [1.82, 2.24) is 5.32 Å². The van der Waals surface area contributed by atoms with Crippen LogP contribution in [0, 0.1) is 19.7 Å². The molecule has 0 aliphatic carbocycles. The predicted octanol–water partition coefficient (Wildman–Crippen LogP) is 4.22. The molecule has 0 aliphatic heterocycles. The minimum atomic E-state index is -0.326. The number of furan rings is 1. The van der Waals surface area contributed by atoms with Gasteiger partial charge in [0.15, 0.2) is 0 Å². The van der Waals surface area contributed by atoms with Crippen LogP contribution in [-0.4, -0.2) is 13.0 Å². The van der Waals surface area contributed by atoms with Crippen LogP contribution in [0.2, 0.25) is 0 Å². The van der Waals surface area contributed by atoms with E-state index in [1.807, 2.05) is 26.0 Å². The lowest BCUT2D eigenvalue weighted by molar-refractivity contribution is 0.0964. The van der Waals surface area contributed by atoms with Gasteiger partial charge in [-0.05, 0) is 61.4 Å². The normalized spacial score (nSPS) is 10.9. The number of carbonyl (C=O) groups is 1. The summed E-state index contributed by atoms with van der Waals surface area (Å²) in [6, 6.07) is 9.80. The van der Waals surface area contributed by atoms with E-state index in [9.17, 15) is 9.18 Å². The van der Waals surface area contributed by atoms with Gasteiger partial charge >= 0.3 is 0 Å². The van der Waals surface area contributed by atoms with Gasteiger partial charge in [-0.15, -0.1) is 0 Å². The molecule has 0 spiro atoms. The average Bonchev–Trinajstić information content (AvgIpc) is 2.86. The summed E-state index contributed by atoms with van der Waals surface area (Å²) in [5.41, 5.74) is 3.99. The fraction of sp³-hybridized carbons (Fsp3) is 0.167. The van der Waals surface area contributed by atoms with Crippen LogP contribution in [0.15, 0.2) is 40.8 Å². The summed E-state index contributed by atoms with van der Waals surface area (Å²) >= 11 is 0. The standard InChI is InChI=1S/C18H16FNO2/c1-10-8-14-15(9-11(10)2)22-17(16(14)18(21)20-3)12-4-6-13(19)7-5-12/h4-9H,1-3H3,(H,20,21). The summed E-state index contributed by atoms with van der Waals surface area (Å²) < 4.78 is 19.0. The van der Waals surface area contributed by atoms with E-state index in [-0.39, 0.29) is 11.7 Å². The molecule has 0 unspecified atom stereocenters. The van der Waals surface area contributed by atoms with Crippen LogP contribution in [0.25, 0.3) is 22.3 Å². The molecular weight excluding hydrogens is 281 g/mol. The number of amides is 1. The lowest BCUT2D eigenvalue weighted by Crippen LogP contribution is -2.18. The second-order valence-electron chi connectivity index (χ2n) is 5.32. The van der Waals surface area contributed by atoms with Gasteiger partial charge in [0.1, 0.15) is 17.2 Å². The Hall–Kier alpha value is -2.62. The zero-order valence-corrected chi connectivity index (χ0v) is 12.7. The fourth-order valence-corrected chi connectivity index (χ4v) is 2.51. The van der Waals surface area contributed by atoms with Crippen molar-refractivity contribution in [1.29, 1.82) is 0 Å². The Morgan fingerprint density at radius 2 is 1.73 bits per heavy atom. The first-order chi connectivity index (χ1) is 10.5. The van der Waals surface area contributed by atoms with Gasteiger partial charge in [-0.2, -0.15) is 0 Å². The summed E-state index contributed by atoms with van der Waals surface area (Å²) in [6.45, 7) is 3.99. The molecule has 0 radical (unpaired) electrons. The third-order valence-corrected chi connectivity index (χ3v) is 3.86. The molecule has 0 saturated carbocycles. The highest BCUT2D eigenvalue weighted by Crippen LogP contribution is 2.35. The number of aryl methyl sites for hydroxylation is 2. The molecule has 0 fully saturated rings. The molecular formula is C18H16FNO2. The Kier molecular flexibility index (Phi) is 3.45. The van der Waals surface area contributed by atoms with E-state index >= 15 is 0 Å². The van der Waals surface area contributed by atoms with Crippen molar-refractivity contribution in [2.45, 2.75) is 13.8 Å². The molecule has 0 saturated heterocycles. The topological polar surface area (TPSA) is 42.2 Å². The molecule has 3 rings (SSSR count). The SMILES string of the molecule is CNC(=O)c1c(-c2ccc(F)cc2)oc2cc(C)c(C)cc12. The van der Waals surface area contributed by atoms with Crippen LogP contribution >= 0.6 is 0 Å². The number of nitrogens with one attached hydrogen (secondary N) is 1. The van der Waals surface area contributed by atoms with E-state index in [0.29, 0.717) is 22.5 Å². The van der Waals surface area contributed by atoms with E-state index in [4.69, 9.17) is 4.42 Å². The third kappa shape index (κ3) is 2.26. The summed E-state index contributed by atoms with van der Waals surface area (Å²) in [7, 11) is 1.58. The van der Waals surface area contributed by atoms with Gasteiger partial charge in [0.2, 0.25) is 0 Å². The molecule has 3 aromatic rings. The molecule has 112 valence electrons. The Labute approximate surface area is 127 Å². The second kappa shape index (κ2) is 5.30. The first-order valence-electron chi connectivity index (χ1n) is 7.03. The van der Waals surface area contributed by atoms with Crippen molar-refractivity contribution in [3.63, 3.8) is 0 Å². The van der Waals surface area contributed by atoms with Crippen LogP contribution in [0.1, 0.15) is 21.5 Å². The van der Waals surface area contributed by atoms with Crippen molar-refractivity contribution in [2.75, 3.05) is 7.05 Å². The molecule has 0 aliphatic rings. The summed E-state index contributed by atoms with van der Waals surface area (Å²) in [5.74, 6) is -0.0891. The van der Waals surface area contributed by atoms with Crippen molar-refractivity contribution >= 4 is 16.9 Å². The van der Waals surface area contributed by atoms with Crippen LogP contribution in [-0.2, 0) is 0 Å². The molecule has 22 heavy (non-hydrogen) atoms. The highest BCUT2D eigenvalue weighted by atomic mass is 19.1. The smallest absolute Gasteiger partial charge is 0.255 e. The van der Waals surface area contributed by atoms with Gasteiger partial charge in [-0.25, -0.2) is 4.39 Å². The summed E-state index contributed by atoms with van der Waals surface area (Å²) in [5, 5.41) is 3.41. The lowest BCUT2D eigenvalue weighted by Gasteiger charge is -2.03. The van der Waals surface area contributed by atoms with Gasteiger partial charge in [0, 0.05) is 18.0 Å². The zero-order chi connectivity index (χ0) is 15.9. The molecule has 1 heterocycles.